The third kappa shape index (κ3) is 5.39. The van der Waals surface area contributed by atoms with Gasteiger partial charge in [-0.25, -0.2) is 9.59 Å². The van der Waals surface area contributed by atoms with Gasteiger partial charge in [-0.15, -0.1) is 0 Å². The number of carbonyl (C=O) groups is 3. The zero-order valence-corrected chi connectivity index (χ0v) is 15.8. The molecule has 152 valence electrons. The molecule has 29 heavy (non-hydrogen) atoms. The average Bonchev–Trinajstić information content (AvgIpc) is 2.71. The highest BCUT2D eigenvalue weighted by Crippen LogP contribution is 2.27. The van der Waals surface area contributed by atoms with Gasteiger partial charge in [0.05, 0.1) is 11.1 Å². The fourth-order valence-electron chi connectivity index (χ4n) is 3.87. The summed E-state index contributed by atoms with van der Waals surface area (Å²) in [5, 5.41) is 20.0. The number of carbonyl (C=O) groups excluding carboxylic acids is 1. The van der Waals surface area contributed by atoms with E-state index in [1.807, 2.05) is 35.2 Å². The van der Waals surface area contributed by atoms with E-state index >= 15 is 0 Å². The normalized spacial score (nSPS) is 20.8. The van der Waals surface area contributed by atoms with E-state index in [-0.39, 0.29) is 5.91 Å². The Morgan fingerprint density at radius 3 is 2.24 bits per heavy atom. The van der Waals surface area contributed by atoms with E-state index in [1.54, 1.807) is 6.20 Å². The Morgan fingerprint density at radius 2 is 1.62 bits per heavy atom. The molecule has 2 atom stereocenters. The summed E-state index contributed by atoms with van der Waals surface area (Å²) in [6.45, 7) is 3.83. The van der Waals surface area contributed by atoms with Crippen molar-refractivity contribution in [3.8, 4) is 0 Å². The molecule has 8 heteroatoms. The molecular weight excluding hydrogens is 374 g/mol. The molecule has 2 aliphatic rings. The van der Waals surface area contributed by atoms with Gasteiger partial charge in [0, 0.05) is 36.8 Å². The minimum atomic E-state index is -1.26. The van der Waals surface area contributed by atoms with Crippen molar-refractivity contribution in [1.82, 2.24) is 15.2 Å². The number of amides is 1. The first-order valence-corrected chi connectivity index (χ1v) is 9.41. The van der Waals surface area contributed by atoms with Crippen LogP contribution in [0.15, 0.2) is 48.7 Å². The summed E-state index contributed by atoms with van der Waals surface area (Å²) in [6.07, 6.45) is 4.11. The zero-order chi connectivity index (χ0) is 20.8. The van der Waals surface area contributed by atoms with Crippen LogP contribution in [-0.2, 0) is 9.59 Å². The number of benzene rings is 1. The number of nitrogens with one attached hydrogen (secondary N) is 1. The molecule has 1 aromatic heterocycles. The molecule has 3 heterocycles. The van der Waals surface area contributed by atoms with Crippen LogP contribution in [0.2, 0.25) is 0 Å². The van der Waals surface area contributed by atoms with Crippen LogP contribution < -0.4 is 5.32 Å². The van der Waals surface area contributed by atoms with Crippen LogP contribution in [0.1, 0.15) is 16.8 Å². The molecule has 4 rings (SSSR count). The van der Waals surface area contributed by atoms with Gasteiger partial charge in [-0.2, -0.15) is 0 Å². The number of fused-ring (bicyclic) bond motifs is 3. The van der Waals surface area contributed by atoms with Crippen molar-refractivity contribution in [3.05, 3.63) is 54.2 Å². The lowest BCUT2D eigenvalue weighted by atomic mass is 9.85. The highest BCUT2D eigenvalue weighted by atomic mass is 16.4. The van der Waals surface area contributed by atoms with Crippen molar-refractivity contribution >= 4 is 28.7 Å². The number of nitrogens with zero attached hydrogens (tertiary/aromatic N) is 2. The number of para-hydroxylation sites is 1. The minimum absolute atomic E-state index is 0.158. The second-order valence-electron chi connectivity index (χ2n) is 7.22. The summed E-state index contributed by atoms with van der Waals surface area (Å²) in [4.78, 5) is 38.4. The van der Waals surface area contributed by atoms with E-state index in [2.05, 4.69) is 10.3 Å². The number of carboxylic acid groups (broad SMARTS) is 2. The number of aliphatic carboxylic acids is 2. The molecule has 1 amide bonds. The topological polar surface area (TPSA) is 120 Å². The van der Waals surface area contributed by atoms with Gasteiger partial charge in [0.15, 0.2) is 0 Å². The van der Waals surface area contributed by atoms with Gasteiger partial charge in [0.2, 0.25) is 0 Å². The van der Waals surface area contributed by atoms with Gasteiger partial charge in [-0.3, -0.25) is 9.78 Å². The monoisotopic (exact) mass is 397 g/mol. The number of carboxylic acids is 2. The Morgan fingerprint density at radius 1 is 1.00 bits per heavy atom. The fourth-order valence-corrected chi connectivity index (χ4v) is 3.87. The Bertz CT molecular complexity index is 910. The molecule has 2 fully saturated rings. The van der Waals surface area contributed by atoms with Crippen molar-refractivity contribution < 1.29 is 24.6 Å². The van der Waals surface area contributed by atoms with Crippen molar-refractivity contribution in [1.29, 1.82) is 0 Å². The molecule has 2 saturated heterocycles. The summed E-state index contributed by atoms with van der Waals surface area (Å²) in [6, 6.07) is 9.73. The van der Waals surface area contributed by atoms with Crippen LogP contribution in [0.25, 0.3) is 10.9 Å². The second kappa shape index (κ2) is 9.29. The zero-order valence-electron chi connectivity index (χ0n) is 15.8. The number of pyridine rings is 1. The van der Waals surface area contributed by atoms with Crippen LogP contribution in [0, 0.1) is 11.8 Å². The van der Waals surface area contributed by atoms with E-state index in [1.165, 1.54) is 6.42 Å². The van der Waals surface area contributed by atoms with Crippen LogP contribution in [-0.4, -0.2) is 64.1 Å². The quantitative estimate of drug-likeness (QED) is 0.673. The minimum Gasteiger partial charge on any atom is -0.478 e. The predicted molar refractivity (Wildman–Crippen MR) is 107 cm³/mol. The van der Waals surface area contributed by atoms with E-state index < -0.39 is 11.9 Å². The number of rotatable bonds is 3. The number of piperidine rings is 2. The molecule has 3 N–H and O–H groups in total. The SMILES string of the molecule is O=C(O)/C=C/C(=O)O.O=C(c1ccnc2ccccc12)N1C[C@@H]2CNC[C@@H](C2)C1. The first-order chi connectivity index (χ1) is 13.9. The highest BCUT2D eigenvalue weighted by Gasteiger charge is 2.33. The third-order valence-electron chi connectivity index (χ3n) is 5.03. The largest absolute Gasteiger partial charge is 0.478 e. The Hall–Kier alpha value is -3.26. The molecule has 0 radical (unpaired) electrons. The first-order valence-electron chi connectivity index (χ1n) is 9.41. The standard InChI is InChI=1S/C17H19N3O.C4H4O4/c21-17(20-10-12-7-13(11-20)9-18-8-12)15-5-6-19-16-4-2-1-3-14(15)16;5-3(6)1-2-4(7)8/h1-6,12-13,18H,7-11H2;1-2H,(H,5,6)(H,7,8)/b;2-1+/t12-,13+;. The van der Waals surface area contributed by atoms with Crippen molar-refractivity contribution in [2.24, 2.45) is 11.8 Å². The number of hydrogen-bond donors (Lipinski definition) is 3. The Balaban J connectivity index is 0.000000258. The summed E-state index contributed by atoms with van der Waals surface area (Å²) in [5.41, 5.74) is 1.68. The van der Waals surface area contributed by atoms with E-state index in [0.29, 0.717) is 24.0 Å². The Labute approximate surface area is 167 Å². The first kappa shape index (κ1) is 20.5. The molecule has 8 nitrogen and oxygen atoms in total. The van der Waals surface area contributed by atoms with Crippen LogP contribution in [0.5, 0.6) is 0 Å². The predicted octanol–water partition coefficient (Wildman–Crippen LogP) is 1.63. The summed E-state index contributed by atoms with van der Waals surface area (Å²) in [5.74, 6) is -1.14. The van der Waals surface area contributed by atoms with Crippen molar-refractivity contribution in [2.75, 3.05) is 26.2 Å². The number of aromatic nitrogens is 1. The average molecular weight is 397 g/mol. The van der Waals surface area contributed by atoms with E-state index in [4.69, 9.17) is 10.2 Å². The number of hydrogen-bond acceptors (Lipinski definition) is 5. The summed E-state index contributed by atoms with van der Waals surface area (Å²) < 4.78 is 0. The second-order valence-corrected chi connectivity index (χ2v) is 7.22. The lowest BCUT2D eigenvalue weighted by Gasteiger charge is -2.41. The maximum Gasteiger partial charge on any atom is 0.328 e. The molecule has 2 aliphatic heterocycles. The molecule has 0 unspecified atom stereocenters. The molecule has 2 bridgehead atoms. The van der Waals surface area contributed by atoms with Crippen LogP contribution >= 0.6 is 0 Å². The number of likely N-dealkylation sites (tertiary alicyclic amines) is 1. The van der Waals surface area contributed by atoms with Crippen molar-refractivity contribution in [2.45, 2.75) is 6.42 Å². The molecule has 1 aromatic carbocycles. The maximum absolute atomic E-state index is 12.9. The summed E-state index contributed by atoms with van der Waals surface area (Å²) in [7, 11) is 0. The molecule has 2 aromatic rings. The van der Waals surface area contributed by atoms with Gasteiger partial charge in [0.1, 0.15) is 0 Å². The third-order valence-corrected chi connectivity index (χ3v) is 5.03. The smallest absolute Gasteiger partial charge is 0.328 e. The van der Waals surface area contributed by atoms with Crippen LogP contribution in [0.3, 0.4) is 0 Å². The summed E-state index contributed by atoms with van der Waals surface area (Å²) >= 11 is 0. The van der Waals surface area contributed by atoms with E-state index in [0.717, 1.165) is 42.6 Å². The van der Waals surface area contributed by atoms with Gasteiger partial charge >= 0.3 is 11.9 Å². The lowest BCUT2D eigenvalue weighted by molar-refractivity contribution is -0.134. The maximum atomic E-state index is 12.9. The highest BCUT2D eigenvalue weighted by molar-refractivity contribution is 6.06. The van der Waals surface area contributed by atoms with Crippen LogP contribution in [0.4, 0.5) is 0 Å². The molecule has 0 aliphatic carbocycles. The molecule has 0 saturated carbocycles. The van der Waals surface area contributed by atoms with Gasteiger partial charge < -0.3 is 20.4 Å². The van der Waals surface area contributed by atoms with Gasteiger partial charge in [-0.1, -0.05) is 18.2 Å². The van der Waals surface area contributed by atoms with Gasteiger partial charge in [-0.05, 0) is 43.5 Å². The van der Waals surface area contributed by atoms with Crippen molar-refractivity contribution in [3.63, 3.8) is 0 Å². The van der Waals surface area contributed by atoms with Gasteiger partial charge in [0.25, 0.3) is 5.91 Å². The van der Waals surface area contributed by atoms with E-state index in [9.17, 15) is 14.4 Å². The fraction of sp³-hybridized carbons (Fsp3) is 0.333. The molecular formula is C21H23N3O5. The lowest BCUT2D eigenvalue weighted by Crippen LogP contribution is -2.52. The Kier molecular flexibility index (Phi) is 6.56. The molecule has 0 spiro atoms.